The lowest BCUT2D eigenvalue weighted by atomic mass is 9.86. The largest absolute Gasteiger partial charge is 0.481 e. The van der Waals surface area contributed by atoms with Gasteiger partial charge in [0.05, 0.1) is 5.92 Å². The first-order chi connectivity index (χ1) is 13.1. The normalized spacial score (nSPS) is 21.2. The Balaban J connectivity index is 1.37. The molecule has 2 N–H and O–H groups in total. The first-order valence-corrected chi connectivity index (χ1v) is 9.48. The summed E-state index contributed by atoms with van der Waals surface area (Å²) in [4.78, 5) is 23.3. The molecular formula is C22H23NO4. The summed E-state index contributed by atoms with van der Waals surface area (Å²) < 4.78 is 5.55. The number of fused-ring (bicyclic) bond motifs is 3. The second-order valence-corrected chi connectivity index (χ2v) is 7.36. The van der Waals surface area contributed by atoms with E-state index < -0.39 is 12.1 Å². The Morgan fingerprint density at radius 2 is 1.48 bits per heavy atom. The average molecular weight is 365 g/mol. The van der Waals surface area contributed by atoms with Gasteiger partial charge in [0.1, 0.15) is 6.61 Å². The fourth-order valence-electron chi connectivity index (χ4n) is 4.29. The Kier molecular flexibility index (Phi) is 4.84. The quantitative estimate of drug-likeness (QED) is 0.853. The number of carboxylic acid groups (broad SMARTS) is 1. The van der Waals surface area contributed by atoms with Crippen molar-refractivity contribution in [3.63, 3.8) is 0 Å². The highest BCUT2D eigenvalue weighted by Gasteiger charge is 2.30. The maximum atomic E-state index is 12.3. The van der Waals surface area contributed by atoms with Crippen molar-refractivity contribution >= 4 is 12.1 Å². The summed E-state index contributed by atoms with van der Waals surface area (Å²) in [6.45, 7) is 0.296. The third-order valence-corrected chi connectivity index (χ3v) is 5.74. The number of aliphatic carboxylic acids is 1. The standard InChI is InChI=1S/C22H23NO4/c24-21(25)14-9-11-15(12-10-14)23-22(26)27-13-20-18-7-3-1-5-16(18)17-6-2-4-8-19(17)20/h1-8,14-15,20H,9-13H2,(H,23,26)(H,24,25)/t14-,15+. The van der Waals surface area contributed by atoms with Crippen LogP contribution in [0, 0.1) is 5.92 Å². The van der Waals surface area contributed by atoms with Crippen LogP contribution in [-0.4, -0.2) is 29.8 Å². The van der Waals surface area contributed by atoms with Crippen molar-refractivity contribution in [2.45, 2.75) is 37.6 Å². The molecular weight excluding hydrogens is 342 g/mol. The molecule has 1 amide bonds. The summed E-state index contributed by atoms with van der Waals surface area (Å²) in [5, 5.41) is 12.0. The van der Waals surface area contributed by atoms with E-state index in [0.717, 1.165) is 0 Å². The van der Waals surface area contributed by atoms with E-state index in [1.807, 2.05) is 24.3 Å². The number of nitrogens with one attached hydrogen (secondary N) is 1. The zero-order chi connectivity index (χ0) is 18.8. The van der Waals surface area contributed by atoms with E-state index in [4.69, 9.17) is 9.84 Å². The fraction of sp³-hybridized carbons (Fsp3) is 0.364. The molecule has 2 aromatic carbocycles. The predicted molar refractivity (Wildman–Crippen MR) is 102 cm³/mol. The van der Waals surface area contributed by atoms with Gasteiger partial charge in [0, 0.05) is 12.0 Å². The highest BCUT2D eigenvalue weighted by atomic mass is 16.5. The van der Waals surface area contributed by atoms with Gasteiger partial charge in [-0.2, -0.15) is 0 Å². The number of carbonyl (C=O) groups excluding carboxylic acids is 1. The minimum Gasteiger partial charge on any atom is -0.481 e. The van der Waals surface area contributed by atoms with Crippen molar-refractivity contribution in [2.24, 2.45) is 5.92 Å². The van der Waals surface area contributed by atoms with Gasteiger partial charge in [-0.15, -0.1) is 0 Å². The van der Waals surface area contributed by atoms with Gasteiger partial charge in [-0.25, -0.2) is 4.79 Å². The molecule has 0 atom stereocenters. The Hall–Kier alpha value is -2.82. The smallest absolute Gasteiger partial charge is 0.407 e. The van der Waals surface area contributed by atoms with E-state index in [9.17, 15) is 9.59 Å². The van der Waals surface area contributed by atoms with Crippen LogP contribution in [0.3, 0.4) is 0 Å². The number of alkyl carbamates (subject to hydrolysis) is 1. The van der Waals surface area contributed by atoms with Gasteiger partial charge in [-0.1, -0.05) is 48.5 Å². The van der Waals surface area contributed by atoms with Crippen molar-refractivity contribution in [1.29, 1.82) is 0 Å². The number of hydrogen-bond donors (Lipinski definition) is 2. The van der Waals surface area contributed by atoms with Crippen LogP contribution in [-0.2, 0) is 9.53 Å². The molecule has 5 heteroatoms. The van der Waals surface area contributed by atoms with Crippen LogP contribution in [0.25, 0.3) is 11.1 Å². The van der Waals surface area contributed by atoms with E-state index in [1.54, 1.807) is 0 Å². The second-order valence-electron chi connectivity index (χ2n) is 7.36. The summed E-state index contributed by atoms with van der Waals surface area (Å²) in [7, 11) is 0. The van der Waals surface area contributed by atoms with Crippen LogP contribution in [0.15, 0.2) is 48.5 Å². The van der Waals surface area contributed by atoms with Gasteiger partial charge in [-0.3, -0.25) is 4.79 Å². The summed E-state index contributed by atoms with van der Waals surface area (Å²) in [5.74, 6) is -0.981. The molecule has 2 aliphatic rings. The maximum Gasteiger partial charge on any atom is 0.407 e. The highest BCUT2D eigenvalue weighted by molar-refractivity contribution is 5.79. The molecule has 140 valence electrons. The zero-order valence-corrected chi connectivity index (χ0v) is 15.1. The lowest BCUT2D eigenvalue weighted by Gasteiger charge is -2.26. The van der Waals surface area contributed by atoms with E-state index in [1.165, 1.54) is 22.3 Å². The van der Waals surface area contributed by atoms with E-state index >= 15 is 0 Å². The van der Waals surface area contributed by atoms with E-state index in [2.05, 4.69) is 29.6 Å². The molecule has 1 saturated carbocycles. The zero-order valence-electron chi connectivity index (χ0n) is 15.1. The topological polar surface area (TPSA) is 75.6 Å². The molecule has 0 radical (unpaired) electrons. The van der Waals surface area contributed by atoms with Crippen molar-refractivity contribution in [2.75, 3.05) is 6.61 Å². The lowest BCUT2D eigenvalue weighted by molar-refractivity contribution is -0.142. The number of carbonyl (C=O) groups is 2. The van der Waals surface area contributed by atoms with Crippen molar-refractivity contribution < 1.29 is 19.4 Å². The molecule has 0 unspecified atom stereocenters. The van der Waals surface area contributed by atoms with Gasteiger partial charge >= 0.3 is 12.1 Å². The molecule has 0 saturated heterocycles. The number of rotatable bonds is 4. The molecule has 0 aromatic heterocycles. The van der Waals surface area contributed by atoms with Crippen molar-refractivity contribution in [1.82, 2.24) is 5.32 Å². The van der Waals surface area contributed by atoms with E-state index in [-0.39, 0.29) is 17.9 Å². The minimum atomic E-state index is -0.741. The Morgan fingerprint density at radius 1 is 0.926 bits per heavy atom. The Labute approximate surface area is 158 Å². The third-order valence-electron chi connectivity index (χ3n) is 5.74. The summed E-state index contributed by atoms with van der Waals surface area (Å²) in [5.41, 5.74) is 4.78. The molecule has 0 heterocycles. The van der Waals surface area contributed by atoms with E-state index in [0.29, 0.717) is 32.3 Å². The molecule has 4 rings (SSSR count). The first kappa shape index (κ1) is 17.6. The van der Waals surface area contributed by atoms with Crippen LogP contribution in [0.4, 0.5) is 4.79 Å². The monoisotopic (exact) mass is 365 g/mol. The maximum absolute atomic E-state index is 12.3. The van der Waals surface area contributed by atoms with Gasteiger partial charge < -0.3 is 15.2 Å². The molecule has 2 aromatic rings. The minimum absolute atomic E-state index is 0.00347. The third kappa shape index (κ3) is 3.54. The molecule has 2 aliphatic carbocycles. The second kappa shape index (κ2) is 7.43. The van der Waals surface area contributed by atoms with Crippen LogP contribution < -0.4 is 5.32 Å². The van der Waals surface area contributed by atoms with Crippen LogP contribution in [0.5, 0.6) is 0 Å². The molecule has 1 fully saturated rings. The predicted octanol–water partition coefficient (Wildman–Crippen LogP) is 4.17. The molecule has 0 aliphatic heterocycles. The summed E-state index contributed by atoms with van der Waals surface area (Å²) in [6, 6.07) is 16.5. The Bertz CT molecular complexity index is 809. The average Bonchev–Trinajstić information content (AvgIpc) is 3.01. The first-order valence-electron chi connectivity index (χ1n) is 9.48. The number of hydrogen-bond acceptors (Lipinski definition) is 3. The lowest BCUT2D eigenvalue weighted by Crippen LogP contribution is -2.39. The fourth-order valence-corrected chi connectivity index (χ4v) is 4.29. The van der Waals surface area contributed by atoms with Gasteiger partial charge in [0.25, 0.3) is 0 Å². The van der Waals surface area contributed by atoms with Gasteiger partial charge in [0.2, 0.25) is 0 Å². The molecule has 5 nitrogen and oxygen atoms in total. The number of amides is 1. The van der Waals surface area contributed by atoms with Gasteiger partial charge in [0.15, 0.2) is 0 Å². The SMILES string of the molecule is O=C(N[C@H]1CC[C@@H](C(=O)O)CC1)OCC1c2ccccc2-c2ccccc21. The van der Waals surface area contributed by atoms with Crippen molar-refractivity contribution in [3.8, 4) is 11.1 Å². The molecule has 27 heavy (non-hydrogen) atoms. The van der Waals surface area contributed by atoms with Crippen LogP contribution >= 0.6 is 0 Å². The van der Waals surface area contributed by atoms with Crippen molar-refractivity contribution in [3.05, 3.63) is 59.7 Å². The van der Waals surface area contributed by atoms with Crippen LogP contribution in [0.1, 0.15) is 42.7 Å². The Morgan fingerprint density at radius 3 is 2.04 bits per heavy atom. The number of carboxylic acids is 1. The number of benzene rings is 2. The highest BCUT2D eigenvalue weighted by Crippen LogP contribution is 2.44. The number of ether oxygens (including phenoxy) is 1. The summed E-state index contributed by atoms with van der Waals surface area (Å²) in [6.07, 6.45) is 2.14. The van der Waals surface area contributed by atoms with Gasteiger partial charge in [-0.05, 0) is 47.9 Å². The molecule has 0 bridgehead atoms. The summed E-state index contributed by atoms with van der Waals surface area (Å²) >= 11 is 0. The van der Waals surface area contributed by atoms with Crippen LogP contribution in [0.2, 0.25) is 0 Å². The molecule has 0 spiro atoms.